The van der Waals surface area contributed by atoms with E-state index in [1.807, 2.05) is 0 Å². The standard InChI is InChI=1S/C12H26N4O/c1-10(2)9-16-7-5-15(6-8-16)4-3-11(13)12(14)17/h10-11H,3-9,13H2,1-2H3,(H2,14,17). The largest absolute Gasteiger partial charge is 0.368 e. The maximum absolute atomic E-state index is 10.8. The second-order valence-corrected chi connectivity index (χ2v) is 5.33. The fraction of sp³-hybridized carbons (Fsp3) is 0.917. The summed E-state index contributed by atoms with van der Waals surface area (Å²) in [5, 5.41) is 0. The number of hydrogen-bond acceptors (Lipinski definition) is 4. The van der Waals surface area contributed by atoms with Crippen LogP contribution in [0.3, 0.4) is 0 Å². The molecule has 17 heavy (non-hydrogen) atoms. The van der Waals surface area contributed by atoms with Crippen LogP contribution in [-0.4, -0.2) is 61.0 Å². The fourth-order valence-corrected chi connectivity index (χ4v) is 2.18. The number of nitrogens with two attached hydrogens (primary N) is 2. The highest BCUT2D eigenvalue weighted by atomic mass is 16.1. The van der Waals surface area contributed by atoms with Crippen molar-refractivity contribution in [2.24, 2.45) is 17.4 Å². The highest BCUT2D eigenvalue weighted by Crippen LogP contribution is 2.06. The summed E-state index contributed by atoms with van der Waals surface area (Å²) in [6, 6.07) is -0.497. The quantitative estimate of drug-likeness (QED) is 0.656. The van der Waals surface area contributed by atoms with Crippen molar-refractivity contribution in [3.8, 4) is 0 Å². The van der Waals surface area contributed by atoms with Crippen molar-refractivity contribution in [2.45, 2.75) is 26.3 Å². The molecular weight excluding hydrogens is 216 g/mol. The Morgan fingerprint density at radius 3 is 2.18 bits per heavy atom. The molecule has 5 nitrogen and oxygen atoms in total. The van der Waals surface area contributed by atoms with E-state index in [0.29, 0.717) is 6.42 Å². The number of piperazine rings is 1. The molecule has 0 aromatic heterocycles. The van der Waals surface area contributed by atoms with E-state index in [4.69, 9.17) is 11.5 Å². The third-order valence-corrected chi connectivity index (χ3v) is 3.21. The lowest BCUT2D eigenvalue weighted by molar-refractivity contribution is -0.119. The van der Waals surface area contributed by atoms with E-state index in [-0.39, 0.29) is 0 Å². The molecule has 5 heteroatoms. The van der Waals surface area contributed by atoms with Crippen molar-refractivity contribution < 1.29 is 4.79 Å². The number of rotatable bonds is 6. The number of nitrogens with zero attached hydrogens (tertiary/aromatic N) is 2. The van der Waals surface area contributed by atoms with Crippen molar-refractivity contribution in [3.63, 3.8) is 0 Å². The van der Waals surface area contributed by atoms with Crippen LogP contribution >= 0.6 is 0 Å². The van der Waals surface area contributed by atoms with Gasteiger partial charge >= 0.3 is 0 Å². The number of carbonyl (C=O) groups excluding carboxylic acids is 1. The molecule has 0 radical (unpaired) electrons. The Bertz CT molecular complexity index is 237. The van der Waals surface area contributed by atoms with Crippen molar-refractivity contribution in [1.29, 1.82) is 0 Å². The first kappa shape index (κ1) is 14.4. The van der Waals surface area contributed by atoms with Gasteiger partial charge in [-0.1, -0.05) is 13.8 Å². The lowest BCUT2D eigenvalue weighted by Crippen LogP contribution is -2.49. The van der Waals surface area contributed by atoms with Crippen molar-refractivity contribution in [1.82, 2.24) is 9.80 Å². The Hall–Kier alpha value is -0.650. The summed E-state index contributed by atoms with van der Waals surface area (Å²) in [5.74, 6) is 0.327. The Morgan fingerprint density at radius 2 is 1.71 bits per heavy atom. The van der Waals surface area contributed by atoms with Gasteiger partial charge in [0.1, 0.15) is 0 Å². The predicted molar refractivity (Wildman–Crippen MR) is 69.5 cm³/mol. The second-order valence-electron chi connectivity index (χ2n) is 5.33. The first-order valence-corrected chi connectivity index (χ1v) is 6.48. The first-order valence-electron chi connectivity index (χ1n) is 6.48. The highest BCUT2D eigenvalue weighted by Gasteiger charge is 2.18. The van der Waals surface area contributed by atoms with Crippen LogP contribution < -0.4 is 11.5 Å². The van der Waals surface area contributed by atoms with E-state index in [1.165, 1.54) is 6.54 Å². The van der Waals surface area contributed by atoms with E-state index in [1.54, 1.807) is 0 Å². The molecule has 1 unspecified atom stereocenters. The van der Waals surface area contributed by atoms with Crippen LogP contribution in [0.4, 0.5) is 0 Å². The van der Waals surface area contributed by atoms with Crippen LogP contribution in [-0.2, 0) is 4.79 Å². The fourth-order valence-electron chi connectivity index (χ4n) is 2.18. The molecule has 1 atom stereocenters. The number of carbonyl (C=O) groups is 1. The molecule has 0 bridgehead atoms. The van der Waals surface area contributed by atoms with E-state index in [2.05, 4.69) is 23.6 Å². The molecule has 1 heterocycles. The lowest BCUT2D eigenvalue weighted by atomic mass is 10.1. The molecule has 0 saturated carbocycles. The molecule has 0 spiro atoms. The Morgan fingerprint density at radius 1 is 1.18 bits per heavy atom. The zero-order valence-corrected chi connectivity index (χ0v) is 11.1. The van der Waals surface area contributed by atoms with Gasteiger partial charge in [0.05, 0.1) is 6.04 Å². The maximum atomic E-state index is 10.8. The van der Waals surface area contributed by atoms with Gasteiger partial charge in [-0.2, -0.15) is 0 Å². The van der Waals surface area contributed by atoms with Gasteiger partial charge in [-0.3, -0.25) is 4.79 Å². The van der Waals surface area contributed by atoms with Crippen LogP contribution in [0, 0.1) is 5.92 Å². The molecule has 1 aliphatic heterocycles. The molecule has 1 saturated heterocycles. The minimum Gasteiger partial charge on any atom is -0.368 e. The second kappa shape index (κ2) is 6.93. The summed E-state index contributed by atoms with van der Waals surface area (Å²) in [4.78, 5) is 15.7. The maximum Gasteiger partial charge on any atom is 0.234 e. The molecule has 0 aromatic rings. The van der Waals surface area contributed by atoms with Crippen LogP contribution in [0.15, 0.2) is 0 Å². The Labute approximate surface area is 104 Å². The normalized spacial score (nSPS) is 20.7. The Balaban J connectivity index is 2.17. The summed E-state index contributed by atoms with van der Waals surface area (Å²) in [6.07, 6.45) is 0.666. The molecule has 1 fully saturated rings. The summed E-state index contributed by atoms with van der Waals surface area (Å²) in [5.41, 5.74) is 10.8. The van der Waals surface area contributed by atoms with Crippen molar-refractivity contribution >= 4 is 5.91 Å². The first-order chi connectivity index (χ1) is 7.99. The molecule has 100 valence electrons. The molecule has 1 rings (SSSR count). The minimum atomic E-state index is -0.497. The number of primary amides is 1. The predicted octanol–water partition coefficient (Wildman–Crippen LogP) is -0.537. The van der Waals surface area contributed by atoms with Gasteiger partial charge in [-0.05, 0) is 12.3 Å². The zero-order valence-electron chi connectivity index (χ0n) is 11.1. The van der Waals surface area contributed by atoms with Crippen LogP contribution in [0.2, 0.25) is 0 Å². The van der Waals surface area contributed by atoms with Gasteiger partial charge in [0.15, 0.2) is 0 Å². The highest BCUT2D eigenvalue weighted by molar-refractivity contribution is 5.79. The lowest BCUT2D eigenvalue weighted by Gasteiger charge is -2.35. The van der Waals surface area contributed by atoms with Gasteiger partial charge in [-0.25, -0.2) is 0 Å². The summed E-state index contributed by atoms with van der Waals surface area (Å²) < 4.78 is 0. The van der Waals surface area contributed by atoms with Gasteiger partial charge < -0.3 is 21.3 Å². The summed E-state index contributed by atoms with van der Waals surface area (Å²) in [6.45, 7) is 10.9. The minimum absolute atomic E-state index is 0.400. The van der Waals surface area contributed by atoms with Gasteiger partial charge in [-0.15, -0.1) is 0 Å². The van der Waals surface area contributed by atoms with Crippen LogP contribution in [0.5, 0.6) is 0 Å². The van der Waals surface area contributed by atoms with E-state index >= 15 is 0 Å². The third-order valence-electron chi connectivity index (χ3n) is 3.21. The van der Waals surface area contributed by atoms with E-state index in [0.717, 1.165) is 38.6 Å². The number of amides is 1. The third kappa shape index (κ3) is 5.48. The average molecular weight is 242 g/mol. The molecule has 0 aromatic carbocycles. The van der Waals surface area contributed by atoms with Gasteiger partial charge in [0.2, 0.25) is 5.91 Å². The Kier molecular flexibility index (Phi) is 5.88. The summed E-state index contributed by atoms with van der Waals surface area (Å²) >= 11 is 0. The van der Waals surface area contributed by atoms with Crippen LogP contribution in [0.1, 0.15) is 20.3 Å². The van der Waals surface area contributed by atoms with Gasteiger partial charge in [0, 0.05) is 39.3 Å². The van der Waals surface area contributed by atoms with Crippen molar-refractivity contribution in [3.05, 3.63) is 0 Å². The average Bonchev–Trinajstić information content (AvgIpc) is 2.26. The summed E-state index contributed by atoms with van der Waals surface area (Å²) in [7, 11) is 0. The van der Waals surface area contributed by atoms with Crippen molar-refractivity contribution in [2.75, 3.05) is 39.3 Å². The molecular formula is C12H26N4O. The zero-order chi connectivity index (χ0) is 12.8. The topological polar surface area (TPSA) is 75.6 Å². The number of hydrogen-bond donors (Lipinski definition) is 2. The monoisotopic (exact) mass is 242 g/mol. The van der Waals surface area contributed by atoms with E-state index < -0.39 is 11.9 Å². The van der Waals surface area contributed by atoms with E-state index in [9.17, 15) is 4.79 Å². The van der Waals surface area contributed by atoms with Crippen LogP contribution in [0.25, 0.3) is 0 Å². The molecule has 4 N–H and O–H groups in total. The molecule has 1 amide bonds. The smallest absolute Gasteiger partial charge is 0.234 e. The SMILES string of the molecule is CC(C)CN1CCN(CCC(N)C(N)=O)CC1. The van der Waals surface area contributed by atoms with Gasteiger partial charge in [0.25, 0.3) is 0 Å². The molecule has 1 aliphatic rings. The molecule has 0 aliphatic carbocycles.